The highest BCUT2D eigenvalue weighted by atomic mass is 32.2. The molecule has 0 saturated carbocycles. The van der Waals surface area contributed by atoms with Gasteiger partial charge in [0.25, 0.3) is 15.9 Å². The molecule has 0 aromatic heterocycles. The molecule has 1 atom stereocenters. The first-order valence-corrected chi connectivity index (χ1v) is 11.3. The van der Waals surface area contributed by atoms with Crippen LogP contribution in [0, 0.1) is 13.8 Å². The van der Waals surface area contributed by atoms with Crippen molar-refractivity contribution in [2.24, 2.45) is 0 Å². The van der Waals surface area contributed by atoms with E-state index in [0.29, 0.717) is 11.3 Å². The number of rotatable bonds is 7. The highest BCUT2D eigenvalue weighted by Gasteiger charge is 2.21. The van der Waals surface area contributed by atoms with Crippen LogP contribution < -0.4 is 14.8 Å². The summed E-state index contributed by atoms with van der Waals surface area (Å²) >= 11 is 0. The Balaban J connectivity index is 1.82. The zero-order valence-corrected chi connectivity index (χ0v) is 18.8. The number of anilines is 1. The van der Waals surface area contributed by atoms with Gasteiger partial charge >= 0.3 is 0 Å². The van der Waals surface area contributed by atoms with Crippen LogP contribution >= 0.6 is 0 Å². The topological polar surface area (TPSA) is 84.5 Å². The summed E-state index contributed by atoms with van der Waals surface area (Å²) < 4.78 is 33.8. The monoisotopic (exact) mass is 438 g/mol. The van der Waals surface area contributed by atoms with Crippen LogP contribution in [0.25, 0.3) is 0 Å². The molecule has 0 radical (unpaired) electrons. The van der Waals surface area contributed by atoms with Crippen molar-refractivity contribution < 1.29 is 17.9 Å². The predicted octanol–water partition coefficient (Wildman–Crippen LogP) is 4.60. The van der Waals surface area contributed by atoms with E-state index in [4.69, 9.17) is 4.74 Å². The maximum atomic E-state index is 13.0. The van der Waals surface area contributed by atoms with Gasteiger partial charge in [0.05, 0.1) is 23.7 Å². The number of ether oxygens (including phenoxy) is 1. The smallest absolute Gasteiger partial charge is 0.262 e. The molecule has 0 aliphatic carbocycles. The number of carbonyl (C=O) groups is 1. The third kappa shape index (κ3) is 5.24. The Kier molecular flexibility index (Phi) is 6.65. The number of aryl methyl sites for hydroxylation is 2. The van der Waals surface area contributed by atoms with Crippen molar-refractivity contribution in [1.29, 1.82) is 0 Å². The molecular formula is C24H26N2O4S. The third-order valence-electron chi connectivity index (χ3n) is 5.09. The number of sulfonamides is 1. The van der Waals surface area contributed by atoms with Crippen LogP contribution in [0.4, 0.5) is 5.69 Å². The van der Waals surface area contributed by atoms with Crippen LogP contribution in [-0.4, -0.2) is 21.4 Å². The van der Waals surface area contributed by atoms with Crippen molar-refractivity contribution >= 4 is 21.6 Å². The van der Waals surface area contributed by atoms with Crippen molar-refractivity contribution in [3.05, 3.63) is 89.0 Å². The predicted molar refractivity (Wildman–Crippen MR) is 122 cm³/mol. The lowest BCUT2D eigenvalue weighted by Crippen LogP contribution is -2.27. The molecule has 0 heterocycles. The maximum Gasteiger partial charge on any atom is 0.262 e. The summed E-state index contributed by atoms with van der Waals surface area (Å²) in [7, 11) is -2.26. The van der Waals surface area contributed by atoms with Crippen LogP contribution in [-0.2, 0) is 10.0 Å². The van der Waals surface area contributed by atoms with E-state index >= 15 is 0 Å². The van der Waals surface area contributed by atoms with E-state index < -0.39 is 10.0 Å². The molecule has 0 spiro atoms. The molecule has 3 aromatic carbocycles. The molecular weight excluding hydrogens is 412 g/mol. The molecule has 0 saturated heterocycles. The largest absolute Gasteiger partial charge is 0.497 e. The first kappa shape index (κ1) is 22.4. The van der Waals surface area contributed by atoms with E-state index in [2.05, 4.69) is 10.0 Å². The van der Waals surface area contributed by atoms with Crippen LogP contribution in [0.15, 0.2) is 71.6 Å². The normalized spacial score (nSPS) is 12.1. The zero-order chi connectivity index (χ0) is 22.6. The van der Waals surface area contributed by atoms with Gasteiger partial charge < -0.3 is 10.1 Å². The van der Waals surface area contributed by atoms with E-state index in [-0.39, 0.29) is 22.4 Å². The Morgan fingerprint density at radius 2 is 1.61 bits per heavy atom. The number of hydrogen-bond acceptors (Lipinski definition) is 4. The van der Waals surface area contributed by atoms with Crippen LogP contribution in [0.3, 0.4) is 0 Å². The van der Waals surface area contributed by atoms with Crippen molar-refractivity contribution in [1.82, 2.24) is 5.32 Å². The molecule has 0 aliphatic rings. The average Bonchev–Trinajstić information content (AvgIpc) is 2.75. The minimum atomic E-state index is -3.85. The summed E-state index contributed by atoms with van der Waals surface area (Å²) in [5.74, 6) is 0.382. The molecule has 3 rings (SSSR count). The average molecular weight is 439 g/mol. The van der Waals surface area contributed by atoms with Gasteiger partial charge in [0, 0.05) is 5.56 Å². The highest BCUT2D eigenvalue weighted by Crippen LogP contribution is 2.23. The minimum absolute atomic E-state index is 0.0699. The number of benzene rings is 3. The lowest BCUT2D eigenvalue weighted by atomic mass is 10.1. The second kappa shape index (κ2) is 9.22. The molecule has 3 aromatic rings. The van der Waals surface area contributed by atoms with Crippen molar-refractivity contribution in [3.8, 4) is 5.75 Å². The van der Waals surface area contributed by atoms with Crippen LogP contribution in [0.2, 0.25) is 0 Å². The quantitative estimate of drug-likeness (QED) is 0.564. The van der Waals surface area contributed by atoms with E-state index in [1.165, 1.54) is 6.07 Å². The molecule has 0 aliphatic heterocycles. The van der Waals surface area contributed by atoms with Crippen LogP contribution in [0.5, 0.6) is 5.75 Å². The first-order chi connectivity index (χ1) is 14.7. The maximum absolute atomic E-state index is 13.0. The summed E-state index contributed by atoms with van der Waals surface area (Å²) in [6, 6.07) is 19.0. The van der Waals surface area contributed by atoms with Crippen molar-refractivity contribution in [2.45, 2.75) is 31.7 Å². The summed E-state index contributed by atoms with van der Waals surface area (Å²) in [5, 5.41) is 2.91. The van der Waals surface area contributed by atoms with Gasteiger partial charge in [0.15, 0.2) is 0 Å². The van der Waals surface area contributed by atoms with Gasteiger partial charge in [-0.3, -0.25) is 9.52 Å². The summed E-state index contributed by atoms with van der Waals surface area (Å²) in [4.78, 5) is 12.9. The zero-order valence-electron chi connectivity index (χ0n) is 18.0. The molecule has 2 N–H and O–H groups in total. The Bertz CT molecular complexity index is 1190. The lowest BCUT2D eigenvalue weighted by molar-refractivity contribution is 0.0939. The second-order valence-electron chi connectivity index (χ2n) is 7.37. The Morgan fingerprint density at radius 3 is 2.26 bits per heavy atom. The molecule has 162 valence electrons. The minimum Gasteiger partial charge on any atom is -0.497 e. The van der Waals surface area contributed by atoms with Gasteiger partial charge in [-0.1, -0.05) is 36.4 Å². The molecule has 7 heteroatoms. The Morgan fingerprint density at radius 1 is 0.935 bits per heavy atom. The highest BCUT2D eigenvalue weighted by molar-refractivity contribution is 7.92. The number of carbonyl (C=O) groups excluding carboxylic acids is 1. The molecule has 31 heavy (non-hydrogen) atoms. The number of nitrogens with one attached hydrogen (secondary N) is 2. The number of methoxy groups -OCH3 is 1. The summed E-state index contributed by atoms with van der Waals surface area (Å²) in [6.45, 7) is 5.40. The molecule has 0 bridgehead atoms. The van der Waals surface area contributed by atoms with Gasteiger partial charge in [0.1, 0.15) is 5.75 Å². The summed E-state index contributed by atoms with van der Waals surface area (Å²) in [6.07, 6.45) is 0. The van der Waals surface area contributed by atoms with E-state index in [9.17, 15) is 13.2 Å². The number of amides is 1. The Hall–Kier alpha value is -3.32. The standard InChI is InChI=1S/C24H26N2O4S/c1-16-7-5-6-8-22(16)26-31(28,29)23-15-20(10-9-17(23)2)24(27)25-18(3)19-11-13-21(30-4)14-12-19/h5-15,18,26H,1-4H3,(H,25,27)/t18-/m0/s1. The first-order valence-electron chi connectivity index (χ1n) is 9.85. The van der Waals surface area contributed by atoms with Crippen LogP contribution in [0.1, 0.15) is 40.0 Å². The van der Waals surface area contributed by atoms with Crippen molar-refractivity contribution in [3.63, 3.8) is 0 Å². The van der Waals surface area contributed by atoms with Gasteiger partial charge in [0.2, 0.25) is 0 Å². The van der Waals surface area contributed by atoms with E-state index in [0.717, 1.165) is 16.9 Å². The van der Waals surface area contributed by atoms with Gasteiger partial charge in [-0.25, -0.2) is 8.42 Å². The Labute approximate surface area is 183 Å². The molecule has 6 nitrogen and oxygen atoms in total. The van der Waals surface area contributed by atoms with Crippen molar-refractivity contribution in [2.75, 3.05) is 11.8 Å². The van der Waals surface area contributed by atoms with E-state index in [1.54, 1.807) is 38.3 Å². The fourth-order valence-electron chi connectivity index (χ4n) is 3.17. The fourth-order valence-corrected chi connectivity index (χ4v) is 4.58. The number of hydrogen-bond donors (Lipinski definition) is 2. The molecule has 1 amide bonds. The van der Waals surface area contributed by atoms with Gasteiger partial charge in [-0.15, -0.1) is 0 Å². The molecule has 0 unspecified atom stereocenters. The number of para-hydroxylation sites is 1. The SMILES string of the molecule is COc1ccc([C@H](C)NC(=O)c2ccc(C)c(S(=O)(=O)Nc3ccccc3C)c2)cc1. The van der Waals surface area contributed by atoms with Gasteiger partial charge in [-0.05, 0) is 67.8 Å². The fraction of sp³-hybridized carbons (Fsp3) is 0.208. The van der Waals surface area contributed by atoms with Gasteiger partial charge in [-0.2, -0.15) is 0 Å². The summed E-state index contributed by atoms with van der Waals surface area (Å²) in [5.41, 5.74) is 3.06. The second-order valence-corrected chi connectivity index (χ2v) is 9.02. The molecule has 0 fully saturated rings. The van der Waals surface area contributed by atoms with E-state index in [1.807, 2.05) is 50.2 Å². The third-order valence-corrected chi connectivity index (χ3v) is 6.60. The lowest BCUT2D eigenvalue weighted by Gasteiger charge is -2.16.